The molecule has 0 aliphatic rings. The van der Waals surface area contributed by atoms with E-state index >= 15 is 0 Å². The van der Waals surface area contributed by atoms with Gasteiger partial charge in [0.05, 0.1) is 11.6 Å². The Labute approximate surface area is 132 Å². The molecule has 21 heavy (non-hydrogen) atoms. The van der Waals surface area contributed by atoms with Gasteiger partial charge in [0.1, 0.15) is 12.4 Å². The average Bonchev–Trinajstić information content (AvgIpc) is 2.48. The van der Waals surface area contributed by atoms with E-state index in [1.54, 1.807) is 19.2 Å². The molecule has 0 amide bonds. The molecule has 0 aromatic heterocycles. The predicted octanol–water partition coefficient (Wildman–Crippen LogP) is 4.20. The topological polar surface area (TPSA) is 44.5 Å². The van der Waals surface area contributed by atoms with Crippen molar-refractivity contribution in [3.8, 4) is 11.5 Å². The van der Waals surface area contributed by atoms with Gasteiger partial charge in [0.15, 0.2) is 11.5 Å². The van der Waals surface area contributed by atoms with E-state index in [1.807, 2.05) is 25.1 Å². The van der Waals surface area contributed by atoms with Crippen molar-refractivity contribution in [1.82, 2.24) is 0 Å². The molecule has 5 heteroatoms. The van der Waals surface area contributed by atoms with E-state index in [0.29, 0.717) is 22.6 Å². The van der Waals surface area contributed by atoms with Gasteiger partial charge in [0, 0.05) is 6.04 Å². The monoisotopic (exact) mass is 353 g/mol. The minimum atomic E-state index is -0.294. The maximum atomic E-state index is 13.2. The van der Waals surface area contributed by atoms with Crippen molar-refractivity contribution in [2.75, 3.05) is 7.11 Å². The number of rotatable bonds is 5. The van der Waals surface area contributed by atoms with Crippen LogP contribution in [0.4, 0.5) is 4.39 Å². The van der Waals surface area contributed by atoms with E-state index in [4.69, 9.17) is 15.2 Å². The SMILES string of the molecule is COc1cc([C@H](C)N)ccc1OCc1ccc(F)c(Br)c1. The Bertz CT molecular complexity index is 632. The van der Waals surface area contributed by atoms with Crippen molar-refractivity contribution in [1.29, 1.82) is 0 Å². The standard InChI is InChI=1S/C16H17BrFNO2/c1-10(19)12-4-6-15(16(8-12)20-2)21-9-11-3-5-14(18)13(17)7-11/h3-8,10H,9,19H2,1-2H3/t10-/m0/s1. The van der Waals surface area contributed by atoms with E-state index in [1.165, 1.54) is 6.07 Å². The van der Waals surface area contributed by atoms with Crippen LogP contribution in [0.3, 0.4) is 0 Å². The summed E-state index contributed by atoms with van der Waals surface area (Å²) in [6.07, 6.45) is 0. The van der Waals surface area contributed by atoms with Crippen LogP contribution in [0.15, 0.2) is 40.9 Å². The molecule has 0 aliphatic carbocycles. The first-order valence-corrected chi connectivity index (χ1v) is 7.31. The maximum absolute atomic E-state index is 13.2. The highest BCUT2D eigenvalue weighted by Gasteiger charge is 2.09. The van der Waals surface area contributed by atoms with Gasteiger partial charge in [0.2, 0.25) is 0 Å². The summed E-state index contributed by atoms with van der Waals surface area (Å²) in [5.41, 5.74) is 7.68. The van der Waals surface area contributed by atoms with E-state index in [-0.39, 0.29) is 11.9 Å². The zero-order valence-corrected chi connectivity index (χ0v) is 13.5. The van der Waals surface area contributed by atoms with Crippen molar-refractivity contribution in [3.63, 3.8) is 0 Å². The number of ether oxygens (including phenoxy) is 2. The summed E-state index contributed by atoms with van der Waals surface area (Å²) >= 11 is 3.16. The molecular formula is C16H17BrFNO2. The molecule has 0 spiro atoms. The number of hydrogen-bond acceptors (Lipinski definition) is 3. The number of halogens is 2. The normalized spacial score (nSPS) is 12.0. The largest absolute Gasteiger partial charge is 0.493 e. The summed E-state index contributed by atoms with van der Waals surface area (Å²) < 4.78 is 24.7. The predicted molar refractivity (Wildman–Crippen MR) is 84.0 cm³/mol. The van der Waals surface area contributed by atoms with E-state index < -0.39 is 0 Å². The molecule has 0 heterocycles. The fourth-order valence-electron chi connectivity index (χ4n) is 1.88. The van der Waals surface area contributed by atoms with Gasteiger partial charge in [-0.1, -0.05) is 12.1 Å². The molecule has 0 saturated heterocycles. The summed E-state index contributed by atoms with van der Waals surface area (Å²) in [4.78, 5) is 0. The van der Waals surface area contributed by atoms with Crippen LogP contribution < -0.4 is 15.2 Å². The molecule has 1 atom stereocenters. The van der Waals surface area contributed by atoms with Crippen LogP contribution in [0, 0.1) is 5.82 Å². The van der Waals surface area contributed by atoms with Gasteiger partial charge >= 0.3 is 0 Å². The molecule has 0 unspecified atom stereocenters. The molecule has 3 nitrogen and oxygen atoms in total. The second-order valence-corrected chi connectivity index (χ2v) is 5.59. The molecule has 2 rings (SSSR count). The molecule has 0 radical (unpaired) electrons. The average molecular weight is 354 g/mol. The lowest BCUT2D eigenvalue weighted by atomic mass is 10.1. The Balaban J connectivity index is 2.13. The Kier molecular flexibility index (Phi) is 5.20. The van der Waals surface area contributed by atoms with Crippen molar-refractivity contribution < 1.29 is 13.9 Å². The van der Waals surface area contributed by atoms with E-state index in [0.717, 1.165) is 11.1 Å². The van der Waals surface area contributed by atoms with Crippen molar-refractivity contribution in [2.45, 2.75) is 19.6 Å². The number of benzene rings is 2. The van der Waals surface area contributed by atoms with Crippen LogP contribution >= 0.6 is 15.9 Å². The van der Waals surface area contributed by atoms with E-state index in [2.05, 4.69) is 15.9 Å². The van der Waals surface area contributed by atoms with Gasteiger partial charge in [0.25, 0.3) is 0 Å². The lowest BCUT2D eigenvalue weighted by Gasteiger charge is -2.14. The number of hydrogen-bond donors (Lipinski definition) is 1. The molecule has 112 valence electrons. The van der Waals surface area contributed by atoms with Gasteiger partial charge in [-0.3, -0.25) is 0 Å². The van der Waals surface area contributed by atoms with Crippen LogP contribution in [0.2, 0.25) is 0 Å². The summed E-state index contributed by atoms with van der Waals surface area (Å²) in [5, 5.41) is 0. The van der Waals surface area contributed by atoms with E-state index in [9.17, 15) is 4.39 Å². The van der Waals surface area contributed by atoms with Gasteiger partial charge in [-0.05, 0) is 58.2 Å². The zero-order chi connectivity index (χ0) is 15.4. The van der Waals surface area contributed by atoms with Crippen molar-refractivity contribution in [2.24, 2.45) is 5.73 Å². The minimum absolute atomic E-state index is 0.0685. The molecule has 0 fully saturated rings. The van der Waals surface area contributed by atoms with Crippen LogP contribution in [-0.4, -0.2) is 7.11 Å². The van der Waals surface area contributed by atoms with Gasteiger partial charge in [-0.15, -0.1) is 0 Å². The van der Waals surface area contributed by atoms with Crippen LogP contribution in [0.1, 0.15) is 24.1 Å². The molecule has 0 bridgehead atoms. The highest BCUT2D eigenvalue weighted by Crippen LogP contribution is 2.30. The maximum Gasteiger partial charge on any atom is 0.161 e. The Hall–Kier alpha value is -1.59. The number of nitrogens with two attached hydrogens (primary N) is 1. The lowest BCUT2D eigenvalue weighted by Crippen LogP contribution is -2.05. The third-order valence-corrected chi connectivity index (χ3v) is 3.70. The molecule has 2 aromatic rings. The molecule has 0 saturated carbocycles. The first-order chi connectivity index (χ1) is 10.0. The van der Waals surface area contributed by atoms with Crippen LogP contribution in [0.5, 0.6) is 11.5 Å². The number of methoxy groups -OCH3 is 1. The minimum Gasteiger partial charge on any atom is -0.493 e. The third-order valence-electron chi connectivity index (χ3n) is 3.09. The van der Waals surface area contributed by atoms with Crippen LogP contribution in [-0.2, 0) is 6.61 Å². The summed E-state index contributed by atoms with van der Waals surface area (Å²) in [7, 11) is 1.58. The Morgan fingerprint density at radius 3 is 2.57 bits per heavy atom. The molecule has 2 N–H and O–H groups in total. The highest BCUT2D eigenvalue weighted by molar-refractivity contribution is 9.10. The quantitative estimate of drug-likeness (QED) is 0.876. The van der Waals surface area contributed by atoms with Gasteiger partial charge < -0.3 is 15.2 Å². The van der Waals surface area contributed by atoms with Gasteiger partial charge in [-0.2, -0.15) is 0 Å². The molecule has 0 aliphatic heterocycles. The Morgan fingerprint density at radius 1 is 1.19 bits per heavy atom. The van der Waals surface area contributed by atoms with Gasteiger partial charge in [-0.25, -0.2) is 4.39 Å². The fraction of sp³-hybridized carbons (Fsp3) is 0.250. The molecule has 2 aromatic carbocycles. The highest BCUT2D eigenvalue weighted by atomic mass is 79.9. The zero-order valence-electron chi connectivity index (χ0n) is 11.9. The second kappa shape index (κ2) is 6.91. The Morgan fingerprint density at radius 2 is 1.95 bits per heavy atom. The smallest absolute Gasteiger partial charge is 0.161 e. The fourth-order valence-corrected chi connectivity index (χ4v) is 2.30. The lowest BCUT2D eigenvalue weighted by molar-refractivity contribution is 0.284. The third kappa shape index (κ3) is 3.95. The molecular weight excluding hydrogens is 337 g/mol. The van der Waals surface area contributed by atoms with Crippen molar-refractivity contribution >= 4 is 15.9 Å². The summed E-state index contributed by atoms with van der Waals surface area (Å²) in [6.45, 7) is 2.23. The summed E-state index contributed by atoms with van der Waals surface area (Å²) in [5.74, 6) is 0.964. The summed E-state index contributed by atoms with van der Waals surface area (Å²) in [6, 6.07) is 10.3. The first-order valence-electron chi connectivity index (χ1n) is 6.51. The first kappa shape index (κ1) is 15.8. The van der Waals surface area contributed by atoms with Crippen molar-refractivity contribution in [3.05, 3.63) is 57.8 Å². The van der Waals surface area contributed by atoms with Crippen LogP contribution in [0.25, 0.3) is 0 Å². The second-order valence-electron chi connectivity index (χ2n) is 4.74.